The van der Waals surface area contributed by atoms with Gasteiger partial charge in [0.05, 0.1) is 6.61 Å². The van der Waals surface area contributed by atoms with Gasteiger partial charge in [0.25, 0.3) is 0 Å². The van der Waals surface area contributed by atoms with Crippen LogP contribution in [0.4, 0.5) is 4.39 Å². The van der Waals surface area contributed by atoms with Crippen LogP contribution < -0.4 is 5.73 Å². The van der Waals surface area contributed by atoms with Gasteiger partial charge in [0.2, 0.25) is 0 Å². The first-order chi connectivity index (χ1) is 11.9. The van der Waals surface area contributed by atoms with E-state index in [1.165, 1.54) is 6.07 Å². The van der Waals surface area contributed by atoms with E-state index in [1.807, 2.05) is 0 Å². The standard InChI is InChI=1S/C19H21ClFNO3/c1-2-25-19(24)18(23)11-14(22)9-13-8-7-12(10-16(13)20)15-5-3-4-6-17(15)21/h3-8,10,14,18,23H,2,9,11,22H2,1H3. The van der Waals surface area contributed by atoms with E-state index in [9.17, 15) is 14.3 Å². The normalized spacial score (nSPS) is 13.3. The SMILES string of the molecule is CCOC(=O)C(O)CC(N)Cc1ccc(-c2ccccc2F)cc1Cl. The second kappa shape index (κ2) is 8.94. The van der Waals surface area contributed by atoms with E-state index in [1.54, 1.807) is 43.3 Å². The Hall–Kier alpha value is -1.95. The van der Waals surface area contributed by atoms with E-state index in [2.05, 4.69) is 0 Å². The second-order valence-electron chi connectivity index (χ2n) is 5.75. The molecule has 0 aromatic heterocycles. The van der Waals surface area contributed by atoms with Crippen molar-refractivity contribution in [2.75, 3.05) is 6.61 Å². The van der Waals surface area contributed by atoms with Gasteiger partial charge in [-0.15, -0.1) is 0 Å². The molecule has 4 nitrogen and oxygen atoms in total. The van der Waals surface area contributed by atoms with Crippen molar-refractivity contribution in [1.82, 2.24) is 0 Å². The van der Waals surface area contributed by atoms with Crippen LogP contribution in [-0.2, 0) is 16.0 Å². The van der Waals surface area contributed by atoms with Gasteiger partial charge in [-0.2, -0.15) is 0 Å². The largest absolute Gasteiger partial charge is 0.464 e. The molecule has 134 valence electrons. The summed E-state index contributed by atoms with van der Waals surface area (Å²) in [6.07, 6.45) is -0.803. The minimum Gasteiger partial charge on any atom is -0.464 e. The first-order valence-corrected chi connectivity index (χ1v) is 8.43. The van der Waals surface area contributed by atoms with Gasteiger partial charge in [-0.25, -0.2) is 9.18 Å². The molecule has 0 heterocycles. The Morgan fingerprint density at radius 1 is 1.32 bits per heavy atom. The average molecular weight is 366 g/mol. The van der Waals surface area contributed by atoms with Crippen LogP contribution in [0.15, 0.2) is 42.5 Å². The number of hydrogen-bond donors (Lipinski definition) is 2. The number of ether oxygens (including phenoxy) is 1. The number of nitrogens with two attached hydrogens (primary N) is 1. The number of esters is 1. The summed E-state index contributed by atoms with van der Waals surface area (Å²) in [5, 5.41) is 10.2. The predicted molar refractivity (Wildman–Crippen MR) is 95.8 cm³/mol. The fourth-order valence-electron chi connectivity index (χ4n) is 2.56. The van der Waals surface area contributed by atoms with Crippen LogP contribution in [0.1, 0.15) is 18.9 Å². The Morgan fingerprint density at radius 3 is 2.68 bits per heavy atom. The lowest BCUT2D eigenvalue weighted by molar-refractivity contribution is -0.153. The Balaban J connectivity index is 2.06. The zero-order chi connectivity index (χ0) is 18.4. The Labute approximate surface area is 151 Å². The van der Waals surface area contributed by atoms with E-state index in [0.29, 0.717) is 22.6 Å². The summed E-state index contributed by atoms with van der Waals surface area (Å²) in [5.41, 5.74) is 7.91. The van der Waals surface area contributed by atoms with Crippen LogP contribution in [0.3, 0.4) is 0 Å². The van der Waals surface area contributed by atoms with Crippen LogP contribution in [-0.4, -0.2) is 29.8 Å². The molecular formula is C19H21ClFNO3. The smallest absolute Gasteiger partial charge is 0.335 e. The number of aliphatic hydroxyl groups is 1. The molecule has 6 heteroatoms. The van der Waals surface area contributed by atoms with Gasteiger partial charge in [-0.3, -0.25) is 0 Å². The quantitative estimate of drug-likeness (QED) is 0.738. The number of carbonyl (C=O) groups is 1. The summed E-state index contributed by atoms with van der Waals surface area (Å²) in [6, 6.07) is 11.2. The lowest BCUT2D eigenvalue weighted by atomic mass is 9.98. The number of carbonyl (C=O) groups excluding carboxylic acids is 1. The van der Waals surface area contributed by atoms with Crippen LogP contribution in [0.2, 0.25) is 5.02 Å². The molecule has 2 aromatic carbocycles. The van der Waals surface area contributed by atoms with Crippen molar-refractivity contribution in [1.29, 1.82) is 0 Å². The van der Waals surface area contributed by atoms with Crippen molar-refractivity contribution in [2.24, 2.45) is 5.73 Å². The third kappa shape index (κ3) is 5.26. The lowest BCUT2D eigenvalue weighted by Crippen LogP contribution is -2.33. The molecule has 0 amide bonds. The molecule has 3 N–H and O–H groups in total. The molecule has 0 spiro atoms. The summed E-state index contributed by atoms with van der Waals surface area (Å²) in [4.78, 5) is 11.4. The zero-order valence-electron chi connectivity index (χ0n) is 13.9. The third-order valence-corrected chi connectivity index (χ3v) is 4.16. The van der Waals surface area contributed by atoms with Crippen molar-refractivity contribution in [3.05, 3.63) is 58.9 Å². The molecule has 25 heavy (non-hydrogen) atoms. The maximum Gasteiger partial charge on any atom is 0.335 e. The molecule has 0 saturated carbocycles. The van der Waals surface area contributed by atoms with Crippen LogP contribution in [0, 0.1) is 5.82 Å². The van der Waals surface area contributed by atoms with E-state index >= 15 is 0 Å². The molecule has 0 aliphatic carbocycles. The van der Waals surface area contributed by atoms with Crippen LogP contribution >= 0.6 is 11.6 Å². The number of hydrogen-bond acceptors (Lipinski definition) is 4. The maximum absolute atomic E-state index is 13.9. The second-order valence-corrected chi connectivity index (χ2v) is 6.16. The molecule has 2 rings (SSSR count). The summed E-state index contributed by atoms with van der Waals surface area (Å²) < 4.78 is 18.6. The van der Waals surface area contributed by atoms with Crippen LogP contribution in [0.25, 0.3) is 11.1 Å². The molecule has 0 saturated heterocycles. The first-order valence-electron chi connectivity index (χ1n) is 8.06. The van der Waals surface area contributed by atoms with E-state index in [0.717, 1.165) is 5.56 Å². The molecule has 0 radical (unpaired) electrons. The van der Waals surface area contributed by atoms with Crippen molar-refractivity contribution < 1.29 is 19.0 Å². The Morgan fingerprint density at radius 2 is 2.04 bits per heavy atom. The van der Waals surface area contributed by atoms with Crippen molar-refractivity contribution in [3.8, 4) is 11.1 Å². The molecule has 2 atom stereocenters. The molecule has 0 bridgehead atoms. The average Bonchev–Trinajstić information content (AvgIpc) is 2.57. The molecule has 2 unspecified atom stereocenters. The van der Waals surface area contributed by atoms with Crippen LogP contribution in [0.5, 0.6) is 0 Å². The number of aliphatic hydroxyl groups excluding tert-OH is 1. The summed E-state index contributed by atoms with van der Waals surface area (Å²) in [5.74, 6) is -1.00. The minimum absolute atomic E-state index is 0.0736. The summed E-state index contributed by atoms with van der Waals surface area (Å²) >= 11 is 6.29. The highest BCUT2D eigenvalue weighted by molar-refractivity contribution is 6.31. The van der Waals surface area contributed by atoms with E-state index < -0.39 is 18.1 Å². The fourth-order valence-corrected chi connectivity index (χ4v) is 2.82. The maximum atomic E-state index is 13.9. The van der Waals surface area contributed by atoms with Gasteiger partial charge in [-0.05, 0) is 43.0 Å². The van der Waals surface area contributed by atoms with Crippen molar-refractivity contribution >= 4 is 17.6 Å². The number of rotatable bonds is 7. The fraction of sp³-hybridized carbons (Fsp3) is 0.316. The molecule has 0 aliphatic heterocycles. The molecule has 2 aromatic rings. The van der Waals surface area contributed by atoms with Gasteiger partial charge in [-0.1, -0.05) is 41.9 Å². The van der Waals surface area contributed by atoms with E-state index in [4.69, 9.17) is 22.1 Å². The zero-order valence-corrected chi connectivity index (χ0v) is 14.7. The molecule has 0 aliphatic rings. The topological polar surface area (TPSA) is 72.5 Å². The lowest BCUT2D eigenvalue weighted by Gasteiger charge is -2.16. The Kier molecular flexibility index (Phi) is 6.93. The number of benzene rings is 2. The van der Waals surface area contributed by atoms with Gasteiger partial charge < -0.3 is 15.6 Å². The number of halogens is 2. The van der Waals surface area contributed by atoms with Gasteiger partial charge in [0, 0.05) is 16.6 Å². The Bertz CT molecular complexity index is 738. The monoisotopic (exact) mass is 365 g/mol. The van der Waals surface area contributed by atoms with E-state index in [-0.39, 0.29) is 18.8 Å². The molecule has 0 fully saturated rings. The summed E-state index contributed by atoms with van der Waals surface area (Å²) in [7, 11) is 0. The predicted octanol–water partition coefficient (Wildman–Crippen LogP) is 3.33. The highest BCUT2D eigenvalue weighted by Crippen LogP contribution is 2.28. The van der Waals surface area contributed by atoms with Gasteiger partial charge >= 0.3 is 5.97 Å². The van der Waals surface area contributed by atoms with Crippen molar-refractivity contribution in [2.45, 2.75) is 31.9 Å². The molecular weight excluding hydrogens is 345 g/mol. The van der Waals surface area contributed by atoms with Crippen molar-refractivity contribution in [3.63, 3.8) is 0 Å². The van der Waals surface area contributed by atoms with Gasteiger partial charge in [0.1, 0.15) is 5.82 Å². The third-order valence-electron chi connectivity index (χ3n) is 3.80. The minimum atomic E-state index is -1.26. The van der Waals surface area contributed by atoms with Gasteiger partial charge in [0.15, 0.2) is 6.10 Å². The summed E-state index contributed by atoms with van der Waals surface area (Å²) in [6.45, 7) is 1.87. The first kappa shape index (κ1) is 19.4. The highest BCUT2D eigenvalue weighted by Gasteiger charge is 2.20. The highest BCUT2D eigenvalue weighted by atomic mass is 35.5.